The van der Waals surface area contributed by atoms with Crippen molar-refractivity contribution in [3.63, 3.8) is 0 Å². The van der Waals surface area contributed by atoms with Crippen LogP contribution in [-0.2, 0) is 9.84 Å². The molecule has 3 N–H and O–H groups in total. The summed E-state index contributed by atoms with van der Waals surface area (Å²) >= 11 is 0. The van der Waals surface area contributed by atoms with E-state index in [9.17, 15) is 8.42 Å². The van der Waals surface area contributed by atoms with Gasteiger partial charge in [0.25, 0.3) is 0 Å². The second kappa shape index (κ2) is 6.02. The van der Waals surface area contributed by atoms with Gasteiger partial charge >= 0.3 is 0 Å². The lowest BCUT2D eigenvalue weighted by atomic mass is 9.86. The summed E-state index contributed by atoms with van der Waals surface area (Å²) in [5, 5.41) is 7.49. The van der Waals surface area contributed by atoms with Gasteiger partial charge in [-0.1, -0.05) is 13.8 Å². The van der Waals surface area contributed by atoms with E-state index in [1.807, 2.05) is 13.8 Å². The van der Waals surface area contributed by atoms with Gasteiger partial charge in [-0.3, -0.25) is 5.41 Å². The lowest BCUT2D eigenvalue weighted by Crippen LogP contribution is -2.33. The van der Waals surface area contributed by atoms with Crippen molar-refractivity contribution in [2.45, 2.75) is 33.1 Å². The van der Waals surface area contributed by atoms with Crippen molar-refractivity contribution in [2.24, 2.45) is 11.1 Å². The molecule has 1 rings (SSSR count). The molecule has 6 heteroatoms. The van der Waals surface area contributed by atoms with Crippen molar-refractivity contribution < 1.29 is 8.42 Å². The SMILES string of the molecule is CC(C)(CCCN1CCCS(=O)(=O)CC1)C(=N)N. The molecule has 0 radical (unpaired) electrons. The molecule has 1 fully saturated rings. The van der Waals surface area contributed by atoms with Crippen molar-refractivity contribution in [1.29, 1.82) is 5.41 Å². The van der Waals surface area contributed by atoms with Gasteiger partial charge in [0.1, 0.15) is 0 Å². The molecule has 18 heavy (non-hydrogen) atoms. The molecule has 1 aliphatic heterocycles. The van der Waals surface area contributed by atoms with Gasteiger partial charge in [0.15, 0.2) is 9.84 Å². The van der Waals surface area contributed by atoms with Crippen molar-refractivity contribution >= 4 is 15.7 Å². The molecule has 0 aromatic carbocycles. The third kappa shape index (κ3) is 4.94. The molecule has 0 unspecified atom stereocenters. The van der Waals surface area contributed by atoms with Crippen LogP contribution in [0.5, 0.6) is 0 Å². The molecule has 0 atom stereocenters. The Morgan fingerprint density at radius 3 is 2.61 bits per heavy atom. The van der Waals surface area contributed by atoms with Crippen LogP contribution in [0.15, 0.2) is 0 Å². The molecule has 1 saturated heterocycles. The van der Waals surface area contributed by atoms with E-state index in [1.54, 1.807) is 0 Å². The van der Waals surface area contributed by atoms with Gasteiger partial charge < -0.3 is 10.6 Å². The van der Waals surface area contributed by atoms with E-state index < -0.39 is 9.84 Å². The first-order chi connectivity index (χ1) is 8.23. The Bertz CT molecular complexity index is 390. The first-order valence-electron chi connectivity index (χ1n) is 6.50. The number of nitrogens with zero attached hydrogens (tertiary/aromatic N) is 1. The van der Waals surface area contributed by atoms with Gasteiger partial charge in [-0.15, -0.1) is 0 Å². The van der Waals surface area contributed by atoms with Crippen molar-refractivity contribution in [3.8, 4) is 0 Å². The van der Waals surface area contributed by atoms with Crippen LogP contribution in [0, 0.1) is 10.8 Å². The number of hydrogen-bond donors (Lipinski definition) is 2. The number of rotatable bonds is 5. The van der Waals surface area contributed by atoms with E-state index in [-0.39, 0.29) is 17.0 Å². The van der Waals surface area contributed by atoms with Crippen LogP contribution in [0.25, 0.3) is 0 Å². The molecule has 5 nitrogen and oxygen atoms in total. The molecule has 106 valence electrons. The van der Waals surface area contributed by atoms with Crippen molar-refractivity contribution in [1.82, 2.24) is 4.90 Å². The van der Waals surface area contributed by atoms with E-state index in [2.05, 4.69) is 4.90 Å². The Kier molecular flexibility index (Phi) is 5.16. The van der Waals surface area contributed by atoms with Crippen LogP contribution in [0.1, 0.15) is 33.1 Å². The zero-order chi connectivity index (χ0) is 13.8. The van der Waals surface area contributed by atoms with Crippen LogP contribution >= 0.6 is 0 Å². The summed E-state index contributed by atoms with van der Waals surface area (Å²) < 4.78 is 22.9. The molecular weight excluding hydrogens is 250 g/mol. The molecule has 0 spiro atoms. The van der Waals surface area contributed by atoms with Gasteiger partial charge in [-0.2, -0.15) is 0 Å². The van der Waals surface area contributed by atoms with Crippen molar-refractivity contribution in [3.05, 3.63) is 0 Å². The zero-order valence-corrected chi connectivity index (χ0v) is 12.2. The zero-order valence-electron chi connectivity index (χ0n) is 11.4. The third-order valence-electron chi connectivity index (χ3n) is 3.65. The Balaban J connectivity index is 2.34. The van der Waals surface area contributed by atoms with Crippen LogP contribution < -0.4 is 5.73 Å². The van der Waals surface area contributed by atoms with Gasteiger partial charge in [0.2, 0.25) is 0 Å². The highest BCUT2D eigenvalue weighted by Crippen LogP contribution is 2.22. The van der Waals surface area contributed by atoms with E-state index in [1.165, 1.54) is 0 Å². The third-order valence-corrected chi connectivity index (χ3v) is 5.37. The molecule has 0 aromatic heterocycles. The molecule has 0 saturated carbocycles. The number of nitrogens with one attached hydrogen (secondary N) is 1. The lowest BCUT2D eigenvalue weighted by molar-refractivity contribution is 0.275. The lowest BCUT2D eigenvalue weighted by Gasteiger charge is -2.25. The average molecular weight is 275 g/mol. The summed E-state index contributed by atoms with van der Waals surface area (Å²) in [6.45, 7) is 6.35. The molecule has 1 heterocycles. The Labute approximate surface area is 110 Å². The Morgan fingerprint density at radius 2 is 2.00 bits per heavy atom. The fourth-order valence-electron chi connectivity index (χ4n) is 2.09. The molecule has 0 bridgehead atoms. The molecule has 0 amide bonds. The summed E-state index contributed by atoms with van der Waals surface area (Å²) in [5.74, 6) is 0.826. The Hall–Kier alpha value is -0.620. The van der Waals surface area contributed by atoms with E-state index >= 15 is 0 Å². The van der Waals surface area contributed by atoms with Gasteiger partial charge in [-0.05, 0) is 32.4 Å². The minimum absolute atomic E-state index is 0.223. The predicted octanol–water partition coefficient (Wildman–Crippen LogP) is 0.849. The first kappa shape index (κ1) is 15.4. The summed E-state index contributed by atoms with van der Waals surface area (Å²) in [7, 11) is -2.81. The summed E-state index contributed by atoms with van der Waals surface area (Å²) in [5.41, 5.74) is 5.29. The highest BCUT2D eigenvalue weighted by Gasteiger charge is 2.22. The second-order valence-electron chi connectivity index (χ2n) is 5.75. The quantitative estimate of drug-likeness (QED) is 0.575. The number of sulfone groups is 1. The minimum atomic E-state index is -2.81. The largest absolute Gasteiger partial charge is 0.387 e. The topological polar surface area (TPSA) is 87.2 Å². The summed E-state index contributed by atoms with van der Waals surface area (Å²) in [6.07, 6.45) is 2.55. The summed E-state index contributed by atoms with van der Waals surface area (Å²) in [4.78, 5) is 2.21. The highest BCUT2D eigenvalue weighted by molar-refractivity contribution is 7.91. The highest BCUT2D eigenvalue weighted by atomic mass is 32.2. The maximum atomic E-state index is 11.5. The van der Waals surface area contributed by atoms with Crippen LogP contribution in [-0.4, -0.2) is 50.3 Å². The maximum absolute atomic E-state index is 11.5. The first-order valence-corrected chi connectivity index (χ1v) is 8.32. The van der Waals surface area contributed by atoms with Crippen LogP contribution in [0.2, 0.25) is 0 Å². The normalized spacial score (nSPS) is 21.4. The van der Waals surface area contributed by atoms with E-state index in [4.69, 9.17) is 11.1 Å². The predicted molar refractivity (Wildman–Crippen MR) is 74.6 cm³/mol. The monoisotopic (exact) mass is 275 g/mol. The smallest absolute Gasteiger partial charge is 0.151 e. The fourth-order valence-corrected chi connectivity index (χ4v) is 3.40. The standard InChI is InChI=1S/C12H25N3O2S/c1-12(2,11(13)14)5-3-6-15-7-4-9-18(16,17)10-8-15/h3-10H2,1-2H3,(H3,13,14). The van der Waals surface area contributed by atoms with Crippen LogP contribution in [0.3, 0.4) is 0 Å². The molecular formula is C12H25N3O2S. The van der Waals surface area contributed by atoms with E-state index in [0.29, 0.717) is 12.3 Å². The Morgan fingerprint density at radius 1 is 1.33 bits per heavy atom. The minimum Gasteiger partial charge on any atom is -0.387 e. The number of amidine groups is 1. The summed E-state index contributed by atoms with van der Waals surface area (Å²) in [6, 6.07) is 0. The van der Waals surface area contributed by atoms with E-state index in [0.717, 1.165) is 32.4 Å². The van der Waals surface area contributed by atoms with Crippen LogP contribution in [0.4, 0.5) is 0 Å². The average Bonchev–Trinajstić information content (AvgIpc) is 2.40. The maximum Gasteiger partial charge on any atom is 0.151 e. The van der Waals surface area contributed by atoms with Gasteiger partial charge in [0.05, 0.1) is 17.3 Å². The second-order valence-corrected chi connectivity index (χ2v) is 8.05. The van der Waals surface area contributed by atoms with Gasteiger partial charge in [0, 0.05) is 12.0 Å². The molecule has 0 aromatic rings. The fraction of sp³-hybridized carbons (Fsp3) is 0.917. The van der Waals surface area contributed by atoms with Crippen molar-refractivity contribution in [2.75, 3.05) is 31.1 Å². The number of hydrogen-bond acceptors (Lipinski definition) is 4. The molecule has 1 aliphatic rings. The molecule has 0 aliphatic carbocycles. The number of nitrogens with two attached hydrogens (primary N) is 1. The van der Waals surface area contributed by atoms with Gasteiger partial charge in [-0.25, -0.2) is 8.42 Å².